The monoisotopic (exact) mass is 408 g/mol. The third kappa shape index (κ3) is 3.38. The van der Waals surface area contributed by atoms with Crippen molar-refractivity contribution in [1.29, 1.82) is 5.26 Å². The van der Waals surface area contributed by atoms with Gasteiger partial charge in [0.15, 0.2) is 0 Å². The maximum absolute atomic E-state index is 13.7. The number of halogens is 3. The third-order valence-electron chi connectivity index (χ3n) is 6.85. The number of aliphatic carboxylic acids is 1. The number of carboxylic acid groups (broad SMARTS) is 1. The molecule has 1 aromatic rings. The zero-order valence-electron chi connectivity index (χ0n) is 16.2. The number of anilines is 2. The summed E-state index contributed by atoms with van der Waals surface area (Å²) in [5.41, 5.74) is -1.35. The number of nitrogens with zero attached hydrogens (tertiary/aromatic N) is 4. The molecule has 2 saturated heterocycles. The lowest BCUT2D eigenvalue weighted by molar-refractivity contribution is -0.151. The Kier molecular flexibility index (Phi) is 4.63. The summed E-state index contributed by atoms with van der Waals surface area (Å²) in [6.45, 7) is 3.57. The van der Waals surface area contributed by atoms with Crippen molar-refractivity contribution in [2.24, 2.45) is 11.3 Å². The van der Waals surface area contributed by atoms with E-state index < -0.39 is 23.3 Å². The van der Waals surface area contributed by atoms with Gasteiger partial charge in [-0.15, -0.1) is 0 Å². The molecule has 1 aromatic heterocycles. The minimum absolute atomic E-state index is 0.00613. The number of piperidine rings is 1. The number of rotatable bonds is 3. The summed E-state index contributed by atoms with van der Waals surface area (Å²) >= 11 is 0. The van der Waals surface area contributed by atoms with Crippen LogP contribution in [0.4, 0.5) is 24.8 Å². The molecule has 29 heavy (non-hydrogen) atoms. The van der Waals surface area contributed by atoms with E-state index in [0.717, 1.165) is 25.3 Å². The molecule has 1 spiro atoms. The molecule has 3 heterocycles. The molecule has 6 nitrogen and oxygen atoms in total. The van der Waals surface area contributed by atoms with Crippen molar-refractivity contribution < 1.29 is 23.1 Å². The van der Waals surface area contributed by atoms with Crippen molar-refractivity contribution in [2.45, 2.75) is 51.2 Å². The molecule has 1 saturated carbocycles. The van der Waals surface area contributed by atoms with Crippen LogP contribution < -0.4 is 9.80 Å². The van der Waals surface area contributed by atoms with Gasteiger partial charge in [-0.3, -0.25) is 4.79 Å². The number of nitriles is 1. The molecule has 3 aliphatic rings. The van der Waals surface area contributed by atoms with Gasteiger partial charge in [-0.1, -0.05) is 0 Å². The first kappa shape index (κ1) is 19.8. The number of hydrogen-bond acceptors (Lipinski definition) is 5. The predicted molar refractivity (Wildman–Crippen MR) is 99.6 cm³/mol. The Labute approximate surface area is 166 Å². The summed E-state index contributed by atoms with van der Waals surface area (Å²) in [5, 5.41) is 18.5. The number of carbonyl (C=O) groups is 1. The van der Waals surface area contributed by atoms with Gasteiger partial charge in [0, 0.05) is 25.7 Å². The van der Waals surface area contributed by atoms with E-state index >= 15 is 0 Å². The Balaban J connectivity index is 1.60. The van der Waals surface area contributed by atoms with Crippen LogP contribution in [0.1, 0.15) is 50.2 Å². The number of aromatic nitrogens is 1. The molecule has 1 atom stereocenters. The largest absolute Gasteiger partial charge is 0.481 e. The SMILES string of the molecule is C[C@H]1CCN1c1nc(N2CCC3(CC2)CC(C(=O)O)C3)cc(C(F)(F)F)c1C#N. The molecule has 1 aliphatic carbocycles. The van der Waals surface area contributed by atoms with Crippen LogP contribution in [-0.2, 0) is 11.0 Å². The first-order chi connectivity index (χ1) is 13.6. The molecule has 4 rings (SSSR count). The topological polar surface area (TPSA) is 80.5 Å². The van der Waals surface area contributed by atoms with Gasteiger partial charge in [0.1, 0.15) is 23.3 Å². The van der Waals surface area contributed by atoms with Crippen molar-refractivity contribution >= 4 is 17.6 Å². The quantitative estimate of drug-likeness (QED) is 0.822. The molecular formula is C20H23F3N4O2. The second-order valence-corrected chi connectivity index (χ2v) is 8.60. The minimum atomic E-state index is -4.63. The van der Waals surface area contributed by atoms with Crippen LogP contribution in [0.25, 0.3) is 0 Å². The van der Waals surface area contributed by atoms with Gasteiger partial charge < -0.3 is 14.9 Å². The van der Waals surface area contributed by atoms with E-state index in [1.165, 1.54) is 0 Å². The van der Waals surface area contributed by atoms with Gasteiger partial charge >= 0.3 is 12.1 Å². The molecule has 156 valence electrons. The fourth-order valence-corrected chi connectivity index (χ4v) is 4.83. The second-order valence-electron chi connectivity index (χ2n) is 8.60. The summed E-state index contributed by atoms with van der Waals surface area (Å²) in [5.74, 6) is -0.707. The van der Waals surface area contributed by atoms with E-state index in [2.05, 4.69) is 4.98 Å². The first-order valence-corrected chi connectivity index (χ1v) is 9.90. The summed E-state index contributed by atoms with van der Waals surface area (Å²) < 4.78 is 41.0. The molecular weight excluding hydrogens is 385 g/mol. The Morgan fingerprint density at radius 1 is 1.31 bits per heavy atom. The molecule has 0 aromatic carbocycles. The number of hydrogen-bond donors (Lipinski definition) is 1. The van der Waals surface area contributed by atoms with Gasteiger partial charge in [-0.2, -0.15) is 18.4 Å². The van der Waals surface area contributed by atoms with Crippen LogP contribution in [0.3, 0.4) is 0 Å². The molecule has 2 aliphatic heterocycles. The predicted octanol–water partition coefficient (Wildman–Crippen LogP) is 3.65. The van der Waals surface area contributed by atoms with Gasteiger partial charge in [-0.25, -0.2) is 4.98 Å². The highest BCUT2D eigenvalue weighted by atomic mass is 19.4. The van der Waals surface area contributed by atoms with E-state index in [-0.39, 0.29) is 29.0 Å². The highest BCUT2D eigenvalue weighted by Crippen LogP contribution is 2.53. The Morgan fingerprint density at radius 3 is 2.41 bits per heavy atom. The van der Waals surface area contributed by atoms with Gasteiger partial charge in [0.2, 0.25) is 0 Å². The fraction of sp³-hybridized carbons (Fsp3) is 0.650. The van der Waals surface area contributed by atoms with Crippen molar-refractivity contribution in [3.63, 3.8) is 0 Å². The zero-order chi connectivity index (χ0) is 21.0. The lowest BCUT2D eigenvalue weighted by atomic mass is 9.57. The molecule has 0 bridgehead atoms. The van der Waals surface area contributed by atoms with Crippen LogP contribution in [0.15, 0.2) is 6.07 Å². The number of alkyl halides is 3. The fourth-order valence-electron chi connectivity index (χ4n) is 4.83. The molecule has 0 unspecified atom stereocenters. The minimum Gasteiger partial charge on any atom is -0.481 e. The normalized spacial score (nSPS) is 24.0. The lowest BCUT2D eigenvalue weighted by Gasteiger charge is -2.51. The molecule has 0 radical (unpaired) electrons. The zero-order valence-corrected chi connectivity index (χ0v) is 16.2. The van der Waals surface area contributed by atoms with E-state index in [4.69, 9.17) is 5.11 Å². The number of pyridine rings is 1. The van der Waals surface area contributed by atoms with Crippen molar-refractivity contribution in [1.82, 2.24) is 4.98 Å². The standard InChI is InChI=1S/C20H23F3N4O2/c1-12-2-5-27(12)17-14(11-24)15(20(21,22)23)8-16(25-17)26-6-3-19(4-7-26)9-13(10-19)18(28)29/h8,12-13H,2-7,9-10H2,1H3,(H,28,29)/t12-/m0/s1. The molecule has 3 fully saturated rings. The van der Waals surface area contributed by atoms with Crippen molar-refractivity contribution in [3.8, 4) is 6.07 Å². The maximum atomic E-state index is 13.7. The Hall–Kier alpha value is -2.50. The average molecular weight is 408 g/mol. The summed E-state index contributed by atoms with van der Waals surface area (Å²) in [7, 11) is 0. The van der Waals surface area contributed by atoms with E-state index in [1.54, 1.807) is 11.0 Å². The molecule has 1 N–H and O–H groups in total. The number of carboxylic acids is 1. The average Bonchev–Trinajstić information content (AvgIpc) is 2.63. The van der Waals surface area contributed by atoms with Crippen LogP contribution in [-0.4, -0.2) is 41.7 Å². The lowest BCUT2D eigenvalue weighted by Crippen LogP contribution is -2.49. The third-order valence-corrected chi connectivity index (χ3v) is 6.85. The van der Waals surface area contributed by atoms with Crippen molar-refractivity contribution in [2.75, 3.05) is 29.4 Å². The summed E-state index contributed by atoms with van der Waals surface area (Å²) in [6, 6.07) is 2.76. The second kappa shape index (κ2) is 6.78. The maximum Gasteiger partial charge on any atom is 0.417 e. The Bertz CT molecular complexity index is 864. The molecule has 9 heteroatoms. The highest BCUT2D eigenvalue weighted by Gasteiger charge is 2.49. The summed E-state index contributed by atoms with van der Waals surface area (Å²) in [6.07, 6.45) is -1.01. The van der Waals surface area contributed by atoms with Crippen LogP contribution in [0.2, 0.25) is 0 Å². The van der Waals surface area contributed by atoms with Gasteiger partial charge in [0.05, 0.1) is 11.5 Å². The van der Waals surface area contributed by atoms with Crippen LogP contribution in [0.5, 0.6) is 0 Å². The van der Waals surface area contributed by atoms with Crippen LogP contribution in [0, 0.1) is 22.7 Å². The molecule has 0 amide bonds. The Morgan fingerprint density at radius 2 is 1.97 bits per heavy atom. The van der Waals surface area contributed by atoms with E-state index in [0.29, 0.717) is 32.5 Å². The van der Waals surface area contributed by atoms with E-state index in [9.17, 15) is 23.2 Å². The van der Waals surface area contributed by atoms with Crippen molar-refractivity contribution in [3.05, 3.63) is 17.2 Å². The van der Waals surface area contributed by atoms with E-state index in [1.807, 2.05) is 11.8 Å². The van der Waals surface area contributed by atoms with Crippen LogP contribution >= 0.6 is 0 Å². The first-order valence-electron chi connectivity index (χ1n) is 9.90. The van der Waals surface area contributed by atoms with Gasteiger partial charge in [0.25, 0.3) is 0 Å². The van der Waals surface area contributed by atoms with Gasteiger partial charge in [-0.05, 0) is 50.5 Å². The summed E-state index contributed by atoms with van der Waals surface area (Å²) in [4.78, 5) is 19.2. The highest BCUT2D eigenvalue weighted by molar-refractivity contribution is 5.71. The smallest absolute Gasteiger partial charge is 0.417 e.